The third kappa shape index (κ3) is 4.94. The number of aromatic nitrogens is 3. The second kappa shape index (κ2) is 12.5. The van der Waals surface area contributed by atoms with Crippen molar-refractivity contribution in [3.8, 4) is 5.69 Å². The van der Waals surface area contributed by atoms with Crippen LogP contribution in [0.2, 0.25) is 0 Å². The lowest BCUT2D eigenvalue weighted by Gasteiger charge is -2.22. The fourth-order valence-corrected chi connectivity index (χ4v) is 8.24. The Labute approximate surface area is 307 Å². The summed E-state index contributed by atoms with van der Waals surface area (Å²) in [6, 6.07) is 32.1. The molecule has 0 saturated carbocycles. The number of anilines is 1. The minimum absolute atomic E-state index is 0.717. The van der Waals surface area contributed by atoms with E-state index in [9.17, 15) is 0 Å². The molecule has 0 amide bonds. The normalized spacial score (nSPS) is 14.8. The fraction of sp³-hybridized carbons (Fsp3) is 0.106. The number of furan rings is 1. The molecule has 0 unspecified atom stereocenters. The van der Waals surface area contributed by atoms with Crippen molar-refractivity contribution in [1.82, 2.24) is 14.1 Å². The largest absolute Gasteiger partial charge is 0.454 e. The molecule has 0 spiro atoms. The quantitative estimate of drug-likeness (QED) is 0.157. The van der Waals surface area contributed by atoms with E-state index < -0.39 is 0 Å². The van der Waals surface area contributed by atoms with Crippen LogP contribution < -0.4 is 4.90 Å². The Bertz CT molecular complexity index is 2930. The highest BCUT2D eigenvalue weighted by Gasteiger charge is 2.26. The average molecular weight is 688 g/mol. The molecule has 0 atom stereocenters. The molecule has 0 aliphatic carbocycles. The standard InChI is InChI=1S/C47H37N5O/c1-3-31(32-15-5-4-6-16-32)14-8-10-29-51-38-24-22-36-35-23-25-39-42(46(35)53-47(36)43(38)45-41(51)21-13-28-50(45)2)44-40(20-12-27-49-44)52(39)34-18-11-17-33(30-34)37-19-7-9-26-48-37/h3-6,8,10-27,30H,1,7,9,28-29H2,2H3/b10-8-,31-14+. The van der Waals surface area contributed by atoms with Crippen molar-refractivity contribution in [3.05, 3.63) is 157 Å². The third-order valence-corrected chi connectivity index (χ3v) is 10.7. The summed E-state index contributed by atoms with van der Waals surface area (Å²) in [5.41, 5.74) is 13.8. The van der Waals surface area contributed by atoms with Crippen LogP contribution in [-0.2, 0) is 6.54 Å². The SMILES string of the molecule is C=C/C(=C\C=C/Cn1c2c(c3c4oc5c(ccc6c5c5ncccc5n6-c5cccc(C6=CCCC=N6)c5)c4ccc31)N(C)CC=C2)c1ccccc1. The van der Waals surface area contributed by atoms with Crippen LogP contribution in [0.25, 0.3) is 77.8 Å². The van der Waals surface area contributed by atoms with Crippen LogP contribution in [0.4, 0.5) is 5.69 Å². The molecule has 0 fully saturated rings. The van der Waals surface area contributed by atoms with Gasteiger partial charge in [0.1, 0.15) is 16.7 Å². The number of pyridine rings is 1. The first kappa shape index (κ1) is 31.1. The maximum Gasteiger partial charge on any atom is 0.147 e. The summed E-state index contributed by atoms with van der Waals surface area (Å²) in [5.74, 6) is 0. The van der Waals surface area contributed by atoms with Crippen LogP contribution in [-0.4, -0.2) is 33.9 Å². The van der Waals surface area contributed by atoms with E-state index in [-0.39, 0.29) is 0 Å². The van der Waals surface area contributed by atoms with E-state index in [4.69, 9.17) is 14.4 Å². The molecule has 2 aliphatic heterocycles. The maximum atomic E-state index is 7.12. The van der Waals surface area contributed by atoms with Crippen LogP contribution >= 0.6 is 0 Å². The number of fused-ring (bicyclic) bond motifs is 11. The number of hydrogen-bond acceptors (Lipinski definition) is 4. The van der Waals surface area contributed by atoms with Crippen molar-refractivity contribution in [2.45, 2.75) is 19.4 Å². The molecule has 4 aromatic heterocycles. The summed E-state index contributed by atoms with van der Waals surface area (Å²) in [6.07, 6.45) is 21.0. The van der Waals surface area contributed by atoms with Gasteiger partial charge in [-0.25, -0.2) is 0 Å². The van der Waals surface area contributed by atoms with Crippen LogP contribution in [0.15, 0.2) is 150 Å². The summed E-state index contributed by atoms with van der Waals surface area (Å²) in [7, 11) is 2.17. The Morgan fingerprint density at radius 1 is 0.868 bits per heavy atom. The van der Waals surface area contributed by atoms with Gasteiger partial charge < -0.3 is 18.5 Å². The molecule has 10 rings (SSSR count). The van der Waals surface area contributed by atoms with Gasteiger partial charge in [-0.05, 0) is 78.6 Å². The predicted octanol–water partition coefficient (Wildman–Crippen LogP) is 11.5. The van der Waals surface area contributed by atoms with E-state index in [1.165, 1.54) is 11.4 Å². The Balaban J connectivity index is 1.15. The fourth-order valence-electron chi connectivity index (χ4n) is 8.24. The molecule has 0 radical (unpaired) electrons. The van der Waals surface area contributed by atoms with Crippen molar-refractivity contribution < 1.29 is 4.42 Å². The summed E-state index contributed by atoms with van der Waals surface area (Å²) in [4.78, 5) is 12.0. The van der Waals surface area contributed by atoms with Crippen LogP contribution in [0.3, 0.4) is 0 Å². The predicted molar refractivity (Wildman–Crippen MR) is 223 cm³/mol. The molecular formula is C47H37N5O. The van der Waals surface area contributed by atoms with Crippen molar-refractivity contribution in [3.63, 3.8) is 0 Å². The lowest BCUT2D eigenvalue weighted by Crippen LogP contribution is -2.20. The Kier molecular flexibility index (Phi) is 7.35. The number of hydrogen-bond donors (Lipinski definition) is 0. The summed E-state index contributed by atoms with van der Waals surface area (Å²) in [5, 5.41) is 4.36. The van der Waals surface area contributed by atoms with Crippen molar-refractivity contribution in [2.75, 3.05) is 18.5 Å². The molecule has 0 bridgehead atoms. The highest BCUT2D eigenvalue weighted by atomic mass is 16.3. The number of aliphatic imine (C=N–C) groups is 1. The number of benzene rings is 4. The van der Waals surface area contributed by atoms with Crippen molar-refractivity contribution in [2.24, 2.45) is 4.99 Å². The lowest BCUT2D eigenvalue weighted by molar-refractivity contribution is 0.676. The molecule has 4 aromatic carbocycles. The van der Waals surface area contributed by atoms with Gasteiger partial charge in [0.25, 0.3) is 0 Å². The van der Waals surface area contributed by atoms with E-state index in [0.29, 0.717) is 6.54 Å². The first-order valence-electron chi connectivity index (χ1n) is 18.2. The average Bonchev–Trinajstić information content (AvgIpc) is 3.87. The minimum atomic E-state index is 0.717. The lowest BCUT2D eigenvalue weighted by atomic mass is 10.1. The zero-order valence-corrected chi connectivity index (χ0v) is 29.5. The summed E-state index contributed by atoms with van der Waals surface area (Å²) < 4.78 is 11.8. The van der Waals surface area contributed by atoms with E-state index in [1.807, 2.05) is 30.6 Å². The molecule has 6 heterocycles. The van der Waals surface area contributed by atoms with E-state index in [2.05, 4.69) is 143 Å². The third-order valence-electron chi connectivity index (χ3n) is 10.7. The van der Waals surface area contributed by atoms with Gasteiger partial charge in [-0.1, -0.05) is 85.5 Å². The second-order valence-corrected chi connectivity index (χ2v) is 13.8. The molecule has 6 nitrogen and oxygen atoms in total. The highest BCUT2D eigenvalue weighted by molar-refractivity contribution is 6.26. The van der Waals surface area contributed by atoms with Gasteiger partial charge in [-0.15, -0.1) is 0 Å². The number of likely N-dealkylation sites (N-methyl/N-ethyl adjacent to an activating group) is 1. The van der Waals surface area contributed by atoms with Gasteiger partial charge in [-0.3, -0.25) is 9.98 Å². The van der Waals surface area contributed by atoms with Gasteiger partial charge in [0.15, 0.2) is 0 Å². The van der Waals surface area contributed by atoms with Crippen molar-refractivity contribution >= 4 is 84.0 Å². The highest BCUT2D eigenvalue weighted by Crippen LogP contribution is 2.46. The van der Waals surface area contributed by atoms with Gasteiger partial charge in [-0.2, -0.15) is 0 Å². The van der Waals surface area contributed by atoms with E-state index >= 15 is 0 Å². The molecule has 2 aliphatic rings. The number of nitrogens with zero attached hydrogens (tertiary/aromatic N) is 5. The molecule has 0 saturated heterocycles. The Hall–Kier alpha value is -6.66. The number of allylic oxidation sites excluding steroid dienone is 6. The van der Waals surface area contributed by atoms with Crippen LogP contribution in [0.5, 0.6) is 0 Å². The molecule has 8 aromatic rings. The Morgan fingerprint density at radius 3 is 2.55 bits per heavy atom. The molecule has 0 N–H and O–H groups in total. The van der Waals surface area contributed by atoms with Gasteiger partial charge in [0, 0.05) is 54.6 Å². The molecular weight excluding hydrogens is 651 g/mol. The number of rotatable bonds is 7. The second-order valence-electron chi connectivity index (χ2n) is 13.8. The van der Waals surface area contributed by atoms with Crippen molar-refractivity contribution in [1.29, 1.82) is 0 Å². The molecule has 256 valence electrons. The smallest absolute Gasteiger partial charge is 0.147 e. The molecule has 6 heteroatoms. The topological polar surface area (TPSA) is 51.5 Å². The minimum Gasteiger partial charge on any atom is -0.454 e. The van der Waals surface area contributed by atoms with Gasteiger partial charge in [0.2, 0.25) is 0 Å². The van der Waals surface area contributed by atoms with Gasteiger partial charge in [0.05, 0.1) is 44.4 Å². The summed E-state index contributed by atoms with van der Waals surface area (Å²) >= 11 is 0. The zero-order chi connectivity index (χ0) is 35.5. The zero-order valence-electron chi connectivity index (χ0n) is 29.5. The van der Waals surface area contributed by atoms with Gasteiger partial charge >= 0.3 is 0 Å². The van der Waals surface area contributed by atoms with E-state index in [0.717, 1.165) is 102 Å². The van der Waals surface area contributed by atoms with Crippen LogP contribution in [0.1, 0.15) is 29.7 Å². The maximum absolute atomic E-state index is 7.12. The summed E-state index contributed by atoms with van der Waals surface area (Å²) in [6.45, 7) is 5.60. The Morgan fingerprint density at radius 2 is 1.72 bits per heavy atom. The molecule has 53 heavy (non-hydrogen) atoms. The monoisotopic (exact) mass is 687 g/mol. The first-order chi connectivity index (χ1) is 26.2. The first-order valence-corrected chi connectivity index (χ1v) is 18.2. The van der Waals surface area contributed by atoms with Crippen LogP contribution in [0, 0.1) is 0 Å². The van der Waals surface area contributed by atoms with E-state index in [1.54, 1.807) is 0 Å².